The smallest absolute Gasteiger partial charge is 0.243 e. The minimum atomic E-state index is -3.71. The van der Waals surface area contributed by atoms with Gasteiger partial charge in [0.1, 0.15) is 0 Å². The zero-order chi connectivity index (χ0) is 22.1. The second kappa shape index (κ2) is 8.63. The Bertz CT molecular complexity index is 999. The summed E-state index contributed by atoms with van der Waals surface area (Å²) in [5.41, 5.74) is 5.40. The van der Waals surface area contributed by atoms with E-state index >= 15 is 0 Å². The predicted octanol–water partition coefficient (Wildman–Crippen LogP) is 4.08. The van der Waals surface area contributed by atoms with Crippen LogP contribution in [0.3, 0.4) is 0 Å². The van der Waals surface area contributed by atoms with Crippen LogP contribution in [-0.2, 0) is 16.6 Å². The number of ether oxygens (including phenoxy) is 3. The molecule has 0 fully saturated rings. The van der Waals surface area contributed by atoms with Crippen LogP contribution in [0.4, 0.5) is 0 Å². The largest absolute Gasteiger partial charge is 0.493 e. The van der Waals surface area contributed by atoms with Crippen LogP contribution in [-0.4, -0.2) is 41.1 Å². The molecule has 0 amide bonds. The van der Waals surface area contributed by atoms with Gasteiger partial charge in [-0.25, -0.2) is 8.42 Å². The molecule has 0 radical (unpaired) electrons. The van der Waals surface area contributed by atoms with Gasteiger partial charge < -0.3 is 14.2 Å². The summed E-state index contributed by atoms with van der Waals surface area (Å²) in [5, 5.41) is 0. The highest BCUT2D eigenvalue weighted by Crippen LogP contribution is 2.40. The van der Waals surface area contributed by atoms with E-state index in [-0.39, 0.29) is 6.54 Å². The first-order valence-electron chi connectivity index (χ1n) is 9.33. The van der Waals surface area contributed by atoms with Gasteiger partial charge in [-0.3, -0.25) is 0 Å². The lowest BCUT2D eigenvalue weighted by Gasteiger charge is -2.24. The van der Waals surface area contributed by atoms with Gasteiger partial charge >= 0.3 is 0 Å². The molecule has 0 N–H and O–H groups in total. The average molecular weight is 422 g/mol. The maximum absolute atomic E-state index is 13.5. The molecule has 0 heterocycles. The summed E-state index contributed by atoms with van der Waals surface area (Å²) >= 11 is 0. The van der Waals surface area contributed by atoms with Crippen molar-refractivity contribution >= 4 is 10.0 Å². The van der Waals surface area contributed by atoms with E-state index in [4.69, 9.17) is 14.2 Å². The molecule has 160 valence electrons. The standard InChI is InChI=1S/C22H31NO5S/c1-13-14(2)16(4)22(17(5)15(13)3)29(24,25)23(6)12-18-10-11-19(26-7)21(28-9)20(18)27-8/h10-11H,12H2,1-9H3. The number of rotatable bonds is 7. The summed E-state index contributed by atoms with van der Waals surface area (Å²) in [6.07, 6.45) is 0. The van der Waals surface area contributed by atoms with Crippen molar-refractivity contribution in [1.29, 1.82) is 0 Å². The van der Waals surface area contributed by atoms with E-state index < -0.39 is 10.0 Å². The number of nitrogens with zero attached hydrogens (tertiary/aromatic N) is 1. The molecule has 2 aromatic rings. The van der Waals surface area contributed by atoms with Crippen molar-refractivity contribution < 1.29 is 22.6 Å². The van der Waals surface area contributed by atoms with Crippen molar-refractivity contribution in [2.45, 2.75) is 46.1 Å². The van der Waals surface area contributed by atoms with Crippen LogP contribution in [0, 0.1) is 34.6 Å². The zero-order valence-corrected chi connectivity index (χ0v) is 19.6. The topological polar surface area (TPSA) is 65.1 Å². The van der Waals surface area contributed by atoms with Gasteiger partial charge in [0.2, 0.25) is 15.8 Å². The molecular formula is C22H31NO5S. The Balaban J connectivity index is 2.56. The third-order valence-electron chi connectivity index (χ3n) is 5.78. The van der Waals surface area contributed by atoms with Gasteiger partial charge in [-0.15, -0.1) is 0 Å². The third-order valence-corrected chi connectivity index (χ3v) is 7.86. The number of hydrogen-bond donors (Lipinski definition) is 0. The summed E-state index contributed by atoms with van der Waals surface area (Å²) in [5.74, 6) is 1.42. The van der Waals surface area contributed by atoms with Crippen molar-refractivity contribution in [1.82, 2.24) is 4.31 Å². The molecule has 0 spiro atoms. The van der Waals surface area contributed by atoms with E-state index in [2.05, 4.69) is 0 Å². The lowest BCUT2D eigenvalue weighted by molar-refractivity contribution is 0.319. The Labute approximate surface area is 174 Å². The molecule has 2 aromatic carbocycles. The van der Waals surface area contributed by atoms with E-state index in [0.717, 1.165) is 27.8 Å². The lowest BCUT2D eigenvalue weighted by atomic mass is 9.95. The summed E-state index contributed by atoms with van der Waals surface area (Å²) < 4.78 is 44.6. The van der Waals surface area contributed by atoms with Gasteiger partial charge in [-0.1, -0.05) is 6.07 Å². The minimum absolute atomic E-state index is 0.136. The SMILES string of the molecule is COc1ccc(CN(C)S(=O)(=O)c2c(C)c(C)c(C)c(C)c2C)c(OC)c1OC. The van der Waals surface area contributed by atoms with Gasteiger partial charge in [0.15, 0.2) is 11.5 Å². The van der Waals surface area contributed by atoms with Crippen LogP contribution in [0.15, 0.2) is 17.0 Å². The summed E-state index contributed by atoms with van der Waals surface area (Å²) in [4.78, 5) is 0.375. The molecule has 0 atom stereocenters. The first kappa shape index (κ1) is 23.0. The fourth-order valence-corrected chi connectivity index (χ4v) is 5.32. The van der Waals surface area contributed by atoms with Crippen LogP contribution < -0.4 is 14.2 Å². The average Bonchev–Trinajstić information content (AvgIpc) is 2.69. The van der Waals surface area contributed by atoms with E-state index in [1.54, 1.807) is 26.3 Å². The fourth-order valence-electron chi connectivity index (χ4n) is 3.62. The van der Waals surface area contributed by atoms with Crippen molar-refractivity contribution in [2.24, 2.45) is 0 Å². The second-order valence-corrected chi connectivity index (χ2v) is 9.19. The van der Waals surface area contributed by atoms with Crippen molar-refractivity contribution in [3.8, 4) is 17.2 Å². The molecule has 0 aliphatic heterocycles. The molecule has 0 unspecified atom stereocenters. The quantitative estimate of drug-likeness (QED) is 0.674. The molecule has 7 heteroatoms. The van der Waals surface area contributed by atoms with E-state index in [0.29, 0.717) is 27.7 Å². The normalized spacial score (nSPS) is 11.7. The van der Waals surface area contributed by atoms with Gasteiger partial charge in [0.05, 0.1) is 26.2 Å². The highest BCUT2D eigenvalue weighted by atomic mass is 32.2. The molecule has 29 heavy (non-hydrogen) atoms. The third kappa shape index (κ3) is 3.94. The van der Waals surface area contributed by atoms with Crippen molar-refractivity contribution in [2.75, 3.05) is 28.4 Å². The van der Waals surface area contributed by atoms with Crippen molar-refractivity contribution in [3.05, 3.63) is 45.5 Å². The molecular weight excluding hydrogens is 390 g/mol. The molecule has 0 aromatic heterocycles. The molecule has 0 saturated heterocycles. The van der Waals surface area contributed by atoms with E-state index in [9.17, 15) is 8.42 Å². The van der Waals surface area contributed by atoms with E-state index in [1.165, 1.54) is 18.5 Å². The van der Waals surface area contributed by atoms with Gasteiger partial charge in [0, 0.05) is 19.2 Å². The number of hydrogen-bond acceptors (Lipinski definition) is 5. The molecule has 0 saturated carbocycles. The Morgan fingerprint density at radius 3 is 1.69 bits per heavy atom. The number of sulfonamides is 1. The highest BCUT2D eigenvalue weighted by Gasteiger charge is 2.29. The van der Waals surface area contributed by atoms with Gasteiger partial charge in [-0.2, -0.15) is 4.31 Å². The van der Waals surface area contributed by atoms with Crippen molar-refractivity contribution in [3.63, 3.8) is 0 Å². The molecule has 6 nitrogen and oxygen atoms in total. The number of benzene rings is 2. The first-order valence-corrected chi connectivity index (χ1v) is 10.8. The molecule has 0 aliphatic rings. The summed E-state index contributed by atoms with van der Waals surface area (Å²) in [7, 11) is 2.45. The minimum Gasteiger partial charge on any atom is -0.493 e. The monoisotopic (exact) mass is 421 g/mol. The van der Waals surface area contributed by atoms with Crippen LogP contribution in [0.5, 0.6) is 17.2 Å². The summed E-state index contributed by atoms with van der Waals surface area (Å²) in [6, 6.07) is 3.53. The van der Waals surface area contributed by atoms with Crippen LogP contribution >= 0.6 is 0 Å². The summed E-state index contributed by atoms with van der Waals surface area (Å²) in [6.45, 7) is 9.83. The molecule has 2 rings (SSSR count). The van der Waals surface area contributed by atoms with Crippen LogP contribution in [0.1, 0.15) is 33.4 Å². The fraction of sp³-hybridized carbons (Fsp3) is 0.455. The Hall–Kier alpha value is -2.25. The maximum Gasteiger partial charge on any atom is 0.243 e. The Kier molecular flexibility index (Phi) is 6.86. The predicted molar refractivity (Wildman–Crippen MR) is 115 cm³/mol. The number of methoxy groups -OCH3 is 3. The van der Waals surface area contributed by atoms with Crippen LogP contribution in [0.2, 0.25) is 0 Å². The highest BCUT2D eigenvalue weighted by molar-refractivity contribution is 7.89. The van der Waals surface area contributed by atoms with E-state index in [1.807, 2.05) is 34.6 Å². The molecule has 0 aliphatic carbocycles. The Morgan fingerprint density at radius 2 is 1.24 bits per heavy atom. The van der Waals surface area contributed by atoms with Crippen LogP contribution in [0.25, 0.3) is 0 Å². The first-order chi connectivity index (χ1) is 13.5. The van der Waals surface area contributed by atoms with Gasteiger partial charge in [-0.05, 0) is 68.5 Å². The lowest BCUT2D eigenvalue weighted by Crippen LogP contribution is -2.28. The Morgan fingerprint density at radius 1 is 0.759 bits per heavy atom. The maximum atomic E-state index is 13.5. The zero-order valence-electron chi connectivity index (χ0n) is 18.8. The van der Waals surface area contributed by atoms with Gasteiger partial charge in [0.25, 0.3) is 0 Å². The second-order valence-electron chi connectivity index (χ2n) is 7.21. The molecule has 0 bridgehead atoms.